The summed E-state index contributed by atoms with van der Waals surface area (Å²) in [6, 6.07) is 2.45. The van der Waals surface area contributed by atoms with E-state index in [-0.39, 0.29) is 0 Å². The molecular formula is C15H25N3. The Morgan fingerprint density at radius 3 is 2.72 bits per heavy atom. The van der Waals surface area contributed by atoms with E-state index in [1.165, 1.54) is 43.2 Å². The molecule has 0 aromatic carbocycles. The summed E-state index contributed by atoms with van der Waals surface area (Å²) in [4.78, 5) is 4.28. The normalized spacial score (nSPS) is 18.8. The number of nitrogens with zero attached hydrogens (tertiary/aromatic N) is 1. The van der Waals surface area contributed by atoms with Crippen molar-refractivity contribution in [1.82, 2.24) is 10.3 Å². The number of pyridine rings is 1. The molecular weight excluding hydrogens is 222 g/mol. The molecule has 1 heterocycles. The second kappa shape index (κ2) is 6.19. The smallest absolute Gasteiger partial charge is 0.128 e. The van der Waals surface area contributed by atoms with Crippen molar-refractivity contribution in [2.45, 2.75) is 52.0 Å². The Hall–Kier alpha value is -1.09. The van der Waals surface area contributed by atoms with E-state index < -0.39 is 0 Å². The van der Waals surface area contributed by atoms with Gasteiger partial charge in [0.15, 0.2) is 0 Å². The van der Waals surface area contributed by atoms with Crippen LogP contribution in [0.2, 0.25) is 0 Å². The summed E-state index contributed by atoms with van der Waals surface area (Å²) >= 11 is 0. The average molecular weight is 247 g/mol. The molecule has 0 amide bonds. The maximum atomic E-state index is 6.11. The van der Waals surface area contributed by atoms with Crippen LogP contribution in [0, 0.1) is 12.8 Å². The van der Waals surface area contributed by atoms with E-state index >= 15 is 0 Å². The van der Waals surface area contributed by atoms with E-state index in [4.69, 9.17) is 5.73 Å². The second-order valence-corrected chi connectivity index (χ2v) is 5.36. The number of aromatic nitrogens is 1. The number of nitrogens with two attached hydrogens (primary N) is 1. The van der Waals surface area contributed by atoms with Gasteiger partial charge in [-0.05, 0) is 43.9 Å². The lowest BCUT2D eigenvalue weighted by molar-refractivity contribution is 0.274. The highest BCUT2D eigenvalue weighted by atomic mass is 14.9. The Balaban J connectivity index is 2.28. The number of hydrogen-bond acceptors (Lipinski definition) is 3. The summed E-state index contributed by atoms with van der Waals surface area (Å²) in [6.45, 7) is 5.28. The summed E-state index contributed by atoms with van der Waals surface area (Å²) in [7, 11) is 0. The third-order valence-electron chi connectivity index (χ3n) is 4.10. The number of nitrogen functional groups attached to an aromatic ring is 1. The second-order valence-electron chi connectivity index (χ2n) is 5.36. The first kappa shape index (κ1) is 13.3. The van der Waals surface area contributed by atoms with Crippen molar-refractivity contribution in [3.63, 3.8) is 0 Å². The van der Waals surface area contributed by atoms with Gasteiger partial charge in [0.1, 0.15) is 5.82 Å². The van der Waals surface area contributed by atoms with Crippen molar-refractivity contribution in [3.05, 3.63) is 23.4 Å². The van der Waals surface area contributed by atoms with Gasteiger partial charge in [-0.15, -0.1) is 0 Å². The molecule has 3 N–H and O–H groups in total. The zero-order chi connectivity index (χ0) is 13.0. The van der Waals surface area contributed by atoms with Gasteiger partial charge in [-0.1, -0.05) is 26.2 Å². The molecule has 1 aliphatic carbocycles. The Kier molecular flexibility index (Phi) is 4.59. The minimum atomic E-state index is 0.379. The molecule has 0 radical (unpaired) electrons. The first-order valence-corrected chi connectivity index (χ1v) is 7.18. The summed E-state index contributed by atoms with van der Waals surface area (Å²) < 4.78 is 0. The molecule has 0 bridgehead atoms. The predicted molar refractivity (Wildman–Crippen MR) is 76.4 cm³/mol. The standard InChI is InChI=1S/C15H25N3/c1-3-17-14(12-7-5-4-6-8-12)13-11(2)9-10-18-15(13)16/h9-10,12,14,17H,3-8H2,1-2H3,(H2,16,18). The van der Waals surface area contributed by atoms with Gasteiger partial charge in [0, 0.05) is 17.8 Å². The zero-order valence-electron chi connectivity index (χ0n) is 11.6. The van der Waals surface area contributed by atoms with Gasteiger partial charge in [-0.25, -0.2) is 4.98 Å². The fourth-order valence-electron chi connectivity index (χ4n) is 3.19. The van der Waals surface area contributed by atoms with Gasteiger partial charge in [0.25, 0.3) is 0 Å². The first-order valence-electron chi connectivity index (χ1n) is 7.18. The van der Waals surface area contributed by atoms with E-state index in [9.17, 15) is 0 Å². The molecule has 1 saturated carbocycles. The molecule has 100 valence electrons. The van der Waals surface area contributed by atoms with Crippen LogP contribution in [0.1, 0.15) is 56.2 Å². The van der Waals surface area contributed by atoms with Crippen LogP contribution in [0.15, 0.2) is 12.3 Å². The van der Waals surface area contributed by atoms with E-state index in [0.29, 0.717) is 17.8 Å². The maximum absolute atomic E-state index is 6.11. The molecule has 1 aliphatic rings. The van der Waals surface area contributed by atoms with Crippen LogP contribution in [0.5, 0.6) is 0 Å². The minimum absolute atomic E-state index is 0.379. The predicted octanol–water partition coefficient (Wildman–Crippen LogP) is 3.20. The fourth-order valence-corrected chi connectivity index (χ4v) is 3.19. The highest BCUT2D eigenvalue weighted by molar-refractivity contribution is 5.46. The van der Waals surface area contributed by atoms with Gasteiger partial charge < -0.3 is 11.1 Å². The van der Waals surface area contributed by atoms with Gasteiger partial charge in [0.2, 0.25) is 0 Å². The van der Waals surface area contributed by atoms with Gasteiger partial charge in [-0.2, -0.15) is 0 Å². The molecule has 18 heavy (non-hydrogen) atoms. The van der Waals surface area contributed by atoms with Crippen LogP contribution < -0.4 is 11.1 Å². The van der Waals surface area contributed by atoms with Crippen molar-refractivity contribution in [2.75, 3.05) is 12.3 Å². The summed E-state index contributed by atoms with van der Waals surface area (Å²) in [5.74, 6) is 1.41. The highest BCUT2D eigenvalue weighted by Gasteiger charge is 2.27. The van der Waals surface area contributed by atoms with Gasteiger partial charge in [0.05, 0.1) is 0 Å². The lowest BCUT2D eigenvalue weighted by atomic mass is 9.80. The van der Waals surface area contributed by atoms with Crippen molar-refractivity contribution >= 4 is 5.82 Å². The van der Waals surface area contributed by atoms with Crippen molar-refractivity contribution in [3.8, 4) is 0 Å². The van der Waals surface area contributed by atoms with Crippen LogP contribution in [0.4, 0.5) is 5.82 Å². The highest BCUT2D eigenvalue weighted by Crippen LogP contribution is 2.37. The molecule has 0 aliphatic heterocycles. The third kappa shape index (κ3) is 2.83. The Bertz CT molecular complexity index is 363. The number of hydrogen-bond donors (Lipinski definition) is 2. The molecule has 1 unspecified atom stereocenters. The molecule has 1 fully saturated rings. The van der Waals surface area contributed by atoms with Crippen molar-refractivity contribution in [2.24, 2.45) is 5.92 Å². The fraction of sp³-hybridized carbons (Fsp3) is 0.667. The lowest BCUT2D eigenvalue weighted by Gasteiger charge is -2.32. The van der Waals surface area contributed by atoms with E-state index in [0.717, 1.165) is 6.54 Å². The molecule has 1 aromatic heterocycles. The van der Waals surface area contributed by atoms with E-state index in [1.807, 2.05) is 0 Å². The van der Waals surface area contributed by atoms with Crippen LogP contribution in [0.25, 0.3) is 0 Å². The largest absolute Gasteiger partial charge is 0.383 e. The van der Waals surface area contributed by atoms with Gasteiger partial charge in [-0.3, -0.25) is 0 Å². The van der Waals surface area contributed by atoms with E-state index in [2.05, 4.69) is 30.2 Å². The first-order chi connectivity index (χ1) is 8.74. The Labute approximate surface area is 110 Å². The van der Waals surface area contributed by atoms with Crippen LogP contribution in [-0.2, 0) is 0 Å². The average Bonchev–Trinajstić information content (AvgIpc) is 2.38. The van der Waals surface area contributed by atoms with Crippen molar-refractivity contribution in [1.29, 1.82) is 0 Å². The topological polar surface area (TPSA) is 50.9 Å². The minimum Gasteiger partial charge on any atom is -0.383 e. The maximum Gasteiger partial charge on any atom is 0.128 e. The lowest BCUT2D eigenvalue weighted by Crippen LogP contribution is -2.31. The Morgan fingerprint density at radius 2 is 2.11 bits per heavy atom. The summed E-state index contributed by atoms with van der Waals surface area (Å²) in [5, 5.41) is 3.63. The number of nitrogens with one attached hydrogen (secondary N) is 1. The number of anilines is 1. The van der Waals surface area contributed by atoms with Crippen LogP contribution in [0.3, 0.4) is 0 Å². The Morgan fingerprint density at radius 1 is 1.39 bits per heavy atom. The van der Waals surface area contributed by atoms with Crippen molar-refractivity contribution < 1.29 is 0 Å². The zero-order valence-corrected chi connectivity index (χ0v) is 11.6. The molecule has 2 rings (SSSR count). The third-order valence-corrected chi connectivity index (χ3v) is 4.10. The van der Waals surface area contributed by atoms with Crippen LogP contribution in [-0.4, -0.2) is 11.5 Å². The number of rotatable bonds is 4. The van der Waals surface area contributed by atoms with E-state index in [1.54, 1.807) is 6.20 Å². The van der Waals surface area contributed by atoms with Crippen LogP contribution >= 0.6 is 0 Å². The number of aryl methyl sites for hydroxylation is 1. The summed E-state index contributed by atoms with van der Waals surface area (Å²) in [5.41, 5.74) is 8.60. The quantitative estimate of drug-likeness (QED) is 0.859. The SMILES string of the molecule is CCNC(c1c(C)ccnc1N)C1CCCCC1. The molecule has 0 saturated heterocycles. The molecule has 1 aromatic rings. The summed E-state index contributed by atoms with van der Waals surface area (Å²) in [6.07, 6.45) is 8.52. The molecule has 3 heteroatoms. The van der Waals surface area contributed by atoms with Gasteiger partial charge >= 0.3 is 0 Å². The molecule has 3 nitrogen and oxygen atoms in total. The molecule has 0 spiro atoms. The molecule has 1 atom stereocenters. The monoisotopic (exact) mass is 247 g/mol.